The van der Waals surface area contributed by atoms with Gasteiger partial charge in [0.1, 0.15) is 5.69 Å². The molecule has 1 aromatic heterocycles. The molecule has 22 heavy (non-hydrogen) atoms. The largest absolute Gasteiger partial charge is 0.381 e. The zero-order valence-corrected chi connectivity index (χ0v) is 12.9. The van der Waals surface area contributed by atoms with Crippen molar-refractivity contribution in [3.8, 4) is 0 Å². The molecule has 2 rings (SSSR count). The highest BCUT2D eigenvalue weighted by molar-refractivity contribution is 5.96. The lowest BCUT2D eigenvalue weighted by molar-refractivity contribution is 0.0935. The molecule has 0 unspecified atom stereocenters. The van der Waals surface area contributed by atoms with Gasteiger partial charge in [0.15, 0.2) is 0 Å². The van der Waals surface area contributed by atoms with Crippen molar-refractivity contribution in [1.82, 2.24) is 10.3 Å². The lowest BCUT2D eigenvalue weighted by atomic mass is 10.1. The molecule has 1 heterocycles. The molecule has 1 aromatic carbocycles. The average molecular weight is 302 g/mol. The van der Waals surface area contributed by atoms with Crippen molar-refractivity contribution in [1.29, 1.82) is 0 Å². The number of rotatable bonds is 8. The number of ether oxygens (including phenoxy) is 1. The number of nitrogens with one attached hydrogen (secondary N) is 2. The maximum atomic E-state index is 12.1. The Morgan fingerprint density at radius 3 is 2.82 bits per heavy atom. The van der Waals surface area contributed by atoms with Gasteiger partial charge in [0.25, 0.3) is 11.5 Å². The second-order valence-corrected chi connectivity index (χ2v) is 5.17. The van der Waals surface area contributed by atoms with Crippen molar-refractivity contribution < 1.29 is 9.53 Å². The van der Waals surface area contributed by atoms with Crippen molar-refractivity contribution in [2.45, 2.75) is 26.2 Å². The van der Waals surface area contributed by atoms with Gasteiger partial charge in [-0.25, -0.2) is 0 Å². The number of hydrogen-bond donors (Lipinski definition) is 2. The summed E-state index contributed by atoms with van der Waals surface area (Å²) in [6, 6.07) is 8.91. The molecule has 0 aliphatic carbocycles. The number of unbranched alkanes of at least 4 members (excludes halogenated alkanes) is 1. The number of fused-ring (bicyclic) bond motifs is 1. The van der Waals surface area contributed by atoms with E-state index in [1.54, 1.807) is 18.2 Å². The fourth-order valence-corrected chi connectivity index (χ4v) is 2.15. The van der Waals surface area contributed by atoms with Crippen LogP contribution in [0.4, 0.5) is 0 Å². The van der Waals surface area contributed by atoms with Crippen molar-refractivity contribution in [3.05, 3.63) is 46.4 Å². The van der Waals surface area contributed by atoms with Crippen LogP contribution < -0.4 is 10.9 Å². The minimum atomic E-state index is -0.267. The molecule has 0 radical (unpaired) electrons. The number of hydrogen-bond acceptors (Lipinski definition) is 3. The van der Waals surface area contributed by atoms with Crippen molar-refractivity contribution in [2.75, 3.05) is 19.8 Å². The summed E-state index contributed by atoms with van der Waals surface area (Å²) in [5.74, 6) is -0.267. The summed E-state index contributed by atoms with van der Waals surface area (Å²) in [6.07, 6.45) is 2.93. The van der Waals surface area contributed by atoms with Gasteiger partial charge in [0.2, 0.25) is 0 Å². The van der Waals surface area contributed by atoms with E-state index in [-0.39, 0.29) is 17.2 Å². The van der Waals surface area contributed by atoms with E-state index in [2.05, 4.69) is 17.2 Å². The Morgan fingerprint density at radius 1 is 1.23 bits per heavy atom. The van der Waals surface area contributed by atoms with Gasteiger partial charge in [-0.1, -0.05) is 31.5 Å². The minimum absolute atomic E-state index is 0.244. The van der Waals surface area contributed by atoms with E-state index in [1.165, 1.54) is 0 Å². The molecule has 5 nitrogen and oxygen atoms in total. The molecule has 5 heteroatoms. The summed E-state index contributed by atoms with van der Waals surface area (Å²) < 4.78 is 5.43. The predicted molar refractivity (Wildman–Crippen MR) is 87.2 cm³/mol. The van der Waals surface area contributed by atoms with Crippen LogP contribution in [0.25, 0.3) is 10.8 Å². The lowest BCUT2D eigenvalue weighted by Crippen LogP contribution is -2.28. The van der Waals surface area contributed by atoms with Crippen molar-refractivity contribution in [3.63, 3.8) is 0 Å². The number of carbonyl (C=O) groups excluding carboxylic acids is 1. The van der Waals surface area contributed by atoms with Crippen LogP contribution in [0.3, 0.4) is 0 Å². The van der Waals surface area contributed by atoms with E-state index < -0.39 is 0 Å². The Bertz CT molecular complexity index is 679. The number of aromatic amines is 1. The van der Waals surface area contributed by atoms with Gasteiger partial charge in [-0.05, 0) is 30.4 Å². The smallest absolute Gasteiger partial charge is 0.267 e. The summed E-state index contributed by atoms with van der Waals surface area (Å²) in [7, 11) is 0. The molecule has 0 saturated heterocycles. The standard InChI is InChI=1S/C17H22N2O3/c1-2-3-10-22-11-6-9-18-17(21)15-12-13-7-4-5-8-14(13)16(20)19-15/h4-5,7-8,12H,2-3,6,9-11H2,1H3,(H,18,21)(H,19,20). The summed E-state index contributed by atoms with van der Waals surface area (Å²) >= 11 is 0. The van der Waals surface area contributed by atoms with Crippen LogP contribution >= 0.6 is 0 Å². The Labute approximate surface area is 129 Å². The Hall–Kier alpha value is -2.14. The summed E-state index contributed by atoms with van der Waals surface area (Å²) in [6.45, 7) is 4.05. The normalized spacial score (nSPS) is 10.8. The molecule has 0 spiro atoms. The van der Waals surface area contributed by atoms with Crippen LogP contribution in [0, 0.1) is 0 Å². The molecule has 2 aromatic rings. The summed E-state index contributed by atoms with van der Waals surface area (Å²) in [4.78, 5) is 26.6. The molecule has 2 N–H and O–H groups in total. The zero-order chi connectivity index (χ0) is 15.8. The second-order valence-electron chi connectivity index (χ2n) is 5.17. The Kier molecular flexibility index (Phi) is 6.15. The zero-order valence-electron chi connectivity index (χ0n) is 12.9. The third kappa shape index (κ3) is 4.43. The number of pyridine rings is 1. The molecule has 0 saturated carbocycles. The maximum absolute atomic E-state index is 12.1. The van der Waals surface area contributed by atoms with Gasteiger partial charge in [0.05, 0.1) is 0 Å². The van der Waals surface area contributed by atoms with Crippen LogP contribution in [0.1, 0.15) is 36.7 Å². The van der Waals surface area contributed by atoms with Crippen molar-refractivity contribution >= 4 is 16.7 Å². The molecule has 0 aliphatic rings. The van der Waals surface area contributed by atoms with Gasteiger partial charge < -0.3 is 15.0 Å². The van der Waals surface area contributed by atoms with Gasteiger partial charge in [-0.2, -0.15) is 0 Å². The van der Waals surface area contributed by atoms with Crippen LogP contribution in [0.5, 0.6) is 0 Å². The fourth-order valence-electron chi connectivity index (χ4n) is 2.15. The second kappa shape index (κ2) is 8.34. The molecule has 0 fully saturated rings. The van der Waals surface area contributed by atoms with E-state index in [9.17, 15) is 9.59 Å². The number of amides is 1. The van der Waals surface area contributed by atoms with Crippen LogP contribution in [0.2, 0.25) is 0 Å². The number of H-pyrrole nitrogens is 1. The first-order valence-corrected chi connectivity index (χ1v) is 7.70. The van der Waals surface area contributed by atoms with Gasteiger partial charge in [-0.15, -0.1) is 0 Å². The van der Waals surface area contributed by atoms with Gasteiger partial charge >= 0.3 is 0 Å². The average Bonchev–Trinajstić information content (AvgIpc) is 2.54. The molecule has 118 valence electrons. The highest BCUT2D eigenvalue weighted by Gasteiger charge is 2.08. The molecule has 0 aliphatic heterocycles. The lowest BCUT2D eigenvalue weighted by Gasteiger charge is -2.07. The van der Waals surface area contributed by atoms with Crippen LogP contribution in [-0.4, -0.2) is 30.6 Å². The molecular weight excluding hydrogens is 280 g/mol. The maximum Gasteiger partial charge on any atom is 0.267 e. The first-order chi connectivity index (χ1) is 10.7. The Morgan fingerprint density at radius 2 is 2.00 bits per heavy atom. The van der Waals surface area contributed by atoms with E-state index in [4.69, 9.17) is 4.74 Å². The molecular formula is C17H22N2O3. The summed E-state index contributed by atoms with van der Waals surface area (Å²) in [5.41, 5.74) is 0.0433. The summed E-state index contributed by atoms with van der Waals surface area (Å²) in [5, 5.41) is 4.14. The molecule has 0 bridgehead atoms. The quantitative estimate of drug-likeness (QED) is 0.736. The van der Waals surface area contributed by atoms with Gasteiger partial charge in [0, 0.05) is 25.1 Å². The monoisotopic (exact) mass is 302 g/mol. The predicted octanol–water partition coefficient (Wildman–Crippen LogP) is 2.46. The third-order valence-corrected chi connectivity index (χ3v) is 3.39. The first kappa shape index (κ1) is 16.2. The highest BCUT2D eigenvalue weighted by atomic mass is 16.5. The topological polar surface area (TPSA) is 71.2 Å². The minimum Gasteiger partial charge on any atom is -0.381 e. The van der Waals surface area contributed by atoms with E-state index >= 15 is 0 Å². The first-order valence-electron chi connectivity index (χ1n) is 7.70. The number of aromatic nitrogens is 1. The van der Waals surface area contributed by atoms with E-state index in [1.807, 2.05) is 12.1 Å². The number of carbonyl (C=O) groups is 1. The van der Waals surface area contributed by atoms with Crippen LogP contribution in [-0.2, 0) is 4.74 Å². The van der Waals surface area contributed by atoms with Crippen molar-refractivity contribution in [2.24, 2.45) is 0 Å². The third-order valence-electron chi connectivity index (χ3n) is 3.39. The molecule has 1 amide bonds. The SMILES string of the molecule is CCCCOCCCNC(=O)c1cc2ccccc2c(=O)[nH]1. The number of benzene rings is 1. The van der Waals surface area contributed by atoms with Gasteiger partial charge in [-0.3, -0.25) is 9.59 Å². The van der Waals surface area contributed by atoms with E-state index in [0.29, 0.717) is 18.5 Å². The molecule has 0 atom stereocenters. The van der Waals surface area contributed by atoms with E-state index in [0.717, 1.165) is 31.3 Å². The highest BCUT2D eigenvalue weighted by Crippen LogP contribution is 2.09. The van der Waals surface area contributed by atoms with Crippen LogP contribution in [0.15, 0.2) is 35.1 Å². The Balaban J connectivity index is 1.86. The fraction of sp³-hybridized carbons (Fsp3) is 0.412.